The number of amides is 1. The van der Waals surface area contributed by atoms with Crippen LogP contribution in [0.2, 0.25) is 0 Å². The average Bonchev–Trinajstić information content (AvgIpc) is 2.90. The van der Waals surface area contributed by atoms with Crippen LogP contribution in [0, 0.1) is 5.92 Å². The Morgan fingerprint density at radius 3 is 3.12 bits per heavy atom. The molecule has 3 nitrogen and oxygen atoms in total. The molecule has 2 heterocycles. The minimum atomic E-state index is 0. The Morgan fingerprint density at radius 1 is 1.59 bits per heavy atom. The van der Waals surface area contributed by atoms with Gasteiger partial charge in [-0.15, -0.1) is 12.4 Å². The van der Waals surface area contributed by atoms with E-state index in [0.29, 0.717) is 6.42 Å². The monoisotopic (exact) mass is 274 g/mol. The molecule has 1 saturated heterocycles. The SMILES string of the molecule is Cl.O=C(Cc1ccsc1)NCCC1CCNC1. The predicted molar refractivity (Wildman–Crippen MR) is 73.9 cm³/mol. The molecular weight excluding hydrogens is 256 g/mol. The second kappa shape index (κ2) is 7.69. The lowest BCUT2D eigenvalue weighted by Gasteiger charge is -2.08. The summed E-state index contributed by atoms with van der Waals surface area (Å²) in [4.78, 5) is 11.6. The topological polar surface area (TPSA) is 41.1 Å². The van der Waals surface area contributed by atoms with Gasteiger partial charge in [-0.05, 0) is 54.2 Å². The van der Waals surface area contributed by atoms with Crippen LogP contribution in [-0.4, -0.2) is 25.5 Å². The molecule has 1 aromatic heterocycles. The van der Waals surface area contributed by atoms with Gasteiger partial charge in [0.2, 0.25) is 5.91 Å². The van der Waals surface area contributed by atoms with E-state index in [4.69, 9.17) is 0 Å². The number of hydrogen-bond acceptors (Lipinski definition) is 3. The van der Waals surface area contributed by atoms with Gasteiger partial charge < -0.3 is 10.6 Å². The standard InChI is InChI=1S/C12H18N2OS.ClH/c15-12(7-11-3-6-16-9-11)14-5-2-10-1-4-13-8-10;/h3,6,9-10,13H,1-2,4-5,7-8H2,(H,14,15);1H. The molecule has 1 unspecified atom stereocenters. The van der Waals surface area contributed by atoms with E-state index < -0.39 is 0 Å². The summed E-state index contributed by atoms with van der Waals surface area (Å²) in [6, 6.07) is 2.01. The van der Waals surface area contributed by atoms with Crippen LogP contribution in [0.4, 0.5) is 0 Å². The van der Waals surface area contributed by atoms with Crippen LogP contribution < -0.4 is 10.6 Å². The van der Waals surface area contributed by atoms with Crippen LogP contribution in [0.5, 0.6) is 0 Å². The third-order valence-corrected chi connectivity index (χ3v) is 3.71. The Bertz CT molecular complexity index is 323. The fourth-order valence-corrected chi connectivity index (χ4v) is 2.69. The molecule has 1 aromatic rings. The highest BCUT2D eigenvalue weighted by Gasteiger charge is 2.14. The smallest absolute Gasteiger partial charge is 0.224 e. The number of thiophene rings is 1. The molecule has 0 spiro atoms. The van der Waals surface area contributed by atoms with Crippen molar-refractivity contribution in [2.75, 3.05) is 19.6 Å². The Labute approximate surface area is 112 Å². The van der Waals surface area contributed by atoms with Gasteiger partial charge in [-0.25, -0.2) is 0 Å². The van der Waals surface area contributed by atoms with E-state index in [-0.39, 0.29) is 18.3 Å². The molecule has 17 heavy (non-hydrogen) atoms. The fraction of sp³-hybridized carbons (Fsp3) is 0.583. The lowest BCUT2D eigenvalue weighted by Crippen LogP contribution is -2.27. The summed E-state index contributed by atoms with van der Waals surface area (Å²) in [5.41, 5.74) is 1.12. The molecular formula is C12H19ClN2OS. The molecule has 0 aliphatic carbocycles. The van der Waals surface area contributed by atoms with Gasteiger partial charge in [-0.3, -0.25) is 4.79 Å². The molecule has 1 aliphatic heterocycles. The maximum atomic E-state index is 11.6. The normalized spacial score (nSPS) is 18.7. The van der Waals surface area contributed by atoms with Crippen LogP contribution >= 0.6 is 23.7 Å². The molecule has 0 saturated carbocycles. The van der Waals surface area contributed by atoms with Crippen molar-refractivity contribution in [2.45, 2.75) is 19.3 Å². The van der Waals surface area contributed by atoms with Crippen molar-refractivity contribution in [1.82, 2.24) is 10.6 Å². The molecule has 2 N–H and O–H groups in total. The van der Waals surface area contributed by atoms with Crippen molar-refractivity contribution in [3.63, 3.8) is 0 Å². The van der Waals surface area contributed by atoms with Gasteiger partial charge in [0.05, 0.1) is 6.42 Å². The summed E-state index contributed by atoms with van der Waals surface area (Å²) >= 11 is 1.64. The molecule has 5 heteroatoms. The molecule has 1 amide bonds. The third kappa shape index (κ3) is 5.06. The van der Waals surface area contributed by atoms with Gasteiger partial charge in [0.1, 0.15) is 0 Å². The zero-order valence-electron chi connectivity index (χ0n) is 9.78. The van der Waals surface area contributed by atoms with Crippen molar-refractivity contribution in [1.29, 1.82) is 0 Å². The van der Waals surface area contributed by atoms with E-state index in [1.165, 1.54) is 6.42 Å². The lowest BCUT2D eigenvalue weighted by atomic mass is 10.1. The van der Waals surface area contributed by atoms with E-state index in [1.807, 2.05) is 16.8 Å². The van der Waals surface area contributed by atoms with E-state index in [2.05, 4.69) is 10.6 Å². The van der Waals surface area contributed by atoms with Gasteiger partial charge in [-0.2, -0.15) is 11.3 Å². The maximum Gasteiger partial charge on any atom is 0.224 e. The van der Waals surface area contributed by atoms with Crippen molar-refractivity contribution in [3.8, 4) is 0 Å². The fourth-order valence-electron chi connectivity index (χ4n) is 2.02. The second-order valence-electron chi connectivity index (χ2n) is 4.31. The quantitative estimate of drug-likeness (QED) is 0.860. The number of carbonyl (C=O) groups is 1. The number of hydrogen-bond donors (Lipinski definition) is 2. The van der Waals surface area contributed by atoms with Gasteiger partial charge in [-0.1, -0.05) is 0 Å². The Balaban J connectivity index is 0.00000144. The van der Waals surface area contributed by atoms with E-state index in [1.54, 1.807) is 11.3 Å². The molecule has 96 valence electrons. The highest BCUT2D eigenvalue weighted by Crippen LogP contribution is 2.11. The first kappa shape index (κ1) is 14.5. The summed E-state index contributed by atoms with van der Waals surface area (Å²) < 4.78 is 0. The van der Waals surface area contributed by atoms with Gasteiger partial charge in [0, 0.05) is 6.54 Å². The molecule has 0 aromatic carbocycles. The zero-order chi connectivity index (χ0) is 11.2. The van der Waals surface area contributed by atoms with Crippen molar-refractivity contribution in [2.24, 2.45) is 5.92 Å². The van der Waals surface area contributed by atoms with Gasteiger partial charge in [0.15, 0.2) is 0 Å². The van der Waals surface area contributed by atoms with Crippen molar-refractivity contribution >= 4 is 29.7 Å². The van der Waals surface area contributed by atoms with E-state index in [9.17, 15) is 4.79 Å². The van der Waals surface area contributed by atoms with Crippen LogP contribution in [-0.2, 0) is 11.2 Å². The summed E-state index contributed by atoms with van der Waals surface area (Å²) in [5, 5.41) is 10.4. The number of carbonyl (C=O) groups excluding carboxylic acids is 1. The average molecular weight is 275 g/mol. The molecule has 1 fully saturated rings. The Morgan fingerprint density at radius 2 is 2.47 bits per heavy atom. The minimum absolute atomic E-state index is 0. The van der Waals surface area contributed by atoms with Gasteiger partial charge >= 0.3 is 0 Å². The predicted octanol–water partition coefficient (Wildman–Crippen LogP) is 1.83. The Kier molecular flexibility index (Phi) is 6.55. The number of rotatable bonds is 5. The van der Waals surface area contributed by atoms with E-state index >= 15 is 0 Å². The van der Waals surface area contributed by atoms with Crippen LogP contribution in [0.25, 0.3) is 0 Å². The third-order valence-electron chi connectivity index (χ3n) is 2.98. The Hall–Kier alpha value is -0.580. The van der Waals surface area contributed by atoms with Crippen LogP contribution in [0.1, 0.15) is 18.4 Å². The summed E-state index contributed by atoms with van der Waals surface area (Å²) in [6.07, 6.45) is 2.87. The molecule has 1 aliphatic rings. The maximum absolute atomic E-state index is 11.6. The van der Waals surface area contributed by atoms with Crippen molar-refractivity contribution < 1.29 is 4.79 Å². The molecule has 0 radical (unpaired) electrons. The molecule has 2 rings (SSSR count). The summed E-state index contributed by atoms with van der Waals surface area (Å²) in [6.45, 7) is 3.06. The minimum Gasteiger partial charge on any atom is -0.356 e. The molecule has 1 atom stereocenters. The van der Waals surface area contributed by atoms with E-state index in [0.717, 1.165) is 37.5 Å². The van der Waals surface area contributed by atoms with Gasteiger partial charge in [0.25, 0.3) is 0 Å². The number of nitrogens with one attached hydrogen (secondary N) is 2. The second-order valence-corrected chi connectivity index (χ2v) is 5.09. The zero-order valence-corrected chi connectivity index (χ0v) is 11.4. The molecule has 0 bridgehead atoms. The van der Waals surface area contributed by atoms with Crippen LogP contribution in [0.3, 0.4) is 0 Å². The summed E-state index contributed by atoms with van der Waals surface area (Å²) in [7, 11) is 0. The lowest BCUT2D eigenvalue weighted by molar-refractivity contribution is -0.120. The van der Waals surface area contributed by atoms with Crippen LogP contribution in [0.15, 0.2) is 16.8 Å². The van der Waals surface area contributed by atoms with Crippen molar-refractivity contribution in [3.05, 3.63) is 22.4 Å². The first-order valence-corrected chi connectivity index (χ1v) is 6.77. The first-order chi connectivity index (χ1) is 7.84. The first-order valence-electron chi connectivity index (χ1n) is 5.83. The highest BCUT2D eigenvalue weighted by atomic mass is 35.5. The number of halogens is 1. The summed E-state index contributed by atoms with van der Waals surface area (Å²) in [5.74, 6) is 0.894. The largest absolute Gasteiger partial charge is 0.356 e. The highest BCUT2D eigenvalue weighted by molar-refractivity contribution is 7.07.